The number of hydrogen-bond acceptors (Lipinski definition) is 4. The molecule has 25 heavy (non-hydrogen) atoms. The SMILES string of the molecule is CC(C1=CC(C(N)=O)=CC(C)(C(N)=O)N1)c1cccc2c1CC(=O)N2. The Balaban J connectivity index is 2.03. The Kier molecular flexibility index (Phi) is 3.87. The van der Waals surface area contributed by atoms with Gasteiger partial charge in [0, 0.05) is 22.9 Å². The van der Waals surface area contributed by atoms with Crippen LogP contribution in [0, 0.1) is 0 Å². The van der Waals surface area contributed by atoms with Crippen molar-refractivity contribution >= 4 is 23.4 Å². The highest BCUT2D eigenvalue weighted by atomic mass is 16.2. The number of benzene rings is 1. The highest BCUT2D eigenvalue weighted by molar-refractivity contribution is 6.00. The molecule has 0 bridgehead atoms. The van der Waals surface area contributed by atoms with Gasteiger partial charge in [0.05, 0.1) is 6.42 Å². The molecule has 6 N–H and O–H groups in total. The molecule has 2 aliphatic heterocycles. The minimum atomic E-state index is -1.21. The molecule has 2 aliphatic rings. The minimum absolute atomic E-state index is 0.0556. The van der Waals surface area contributed by atoms with E-state index in [0.29, 0.717) is 12.1 Å². The lowest BCUT2D eigenvalue weighted by Gasteiger charge is -2.33. The van der Waals surface area contributed by atoms with Gasteiger partial charge in [0.2, 0.25) is 17.7 Å². The van der Waals surface area contributed by atoms with E-state index in [-0.39, 0.29) is 17.4 Å². The van der Waals surface area contributed by atoms with Gasteiger partial charge in [-0.1, -0.05) is 19.1 Å². The van der Waals surface area contributed by atoms with E-state index in [4.69, 9.17) is 11.5 Å². The number of hydrogen-bond donors (Lipinski definition) is 4. The third-order valence-corrected chi connectivity index (χ3v) is 4.71. The summed E-state index contributed by atoms with van der Waals surface area (Å²) in [5, 5.41) is 5.93. The van der Waals surface area contributed by atoms with Crippen LogP contribution in [0.15, 0.2) is 41.6 Å². The highest BCUT2D eigenvalue weighted by Gasteiger charge is 2.35. The van der Waals surface area contributed by atoms with E-state index in [1.807, 2.05) is 25.1 Å². The smallest absolute Gasteiger partial charge is 0.248 e. The van der Waals surface area contributed by atoms with Crippen molar-refractivity contribution in [3.63, 3.8) is 0 Å². The first-order valence-electron chi connectivity index (χ1n) is 7.95. The number of allylic oxidation sites excluding steroid dienone is 1. The maximum atomic E-state index is 11.9. The maximum Gasteiger partial charge on any atom is 0.248 e. The number of rotatable bonds is 4. The van der Waals surface area contributed by atoms with Crippen LogP contribution in [0.5, 0.6) is 0 Å². The first-order valence-corrected chi connectivity index (χ1v) is 7.95. The number of fused-ring (bicyclic) bond motifs is 1. The third kappa shape index (κ3) is 2.88. The van der Waals surface area contributed by atoms with Crippen molar-refractivity contribution < 1.29 is 14.4 Å². The van der Waals surface area contributed by atoms with Gasteiger partial charge >= 0.3 is 0 Å². The second kappa shape index (κ2) is 5.77. The summed E-state index contributed by atoms with van der Waals surface area (Å²) in [4.78, 5) is 35.2. The minimum Gasteiger partial charge on any atom is -0.371 e. The molecule has 1 aromatic carbocycles. The summed E-state index contributed by atoms with van der Waals surface area (Å²) in [6, 6.07) is 5.63. The number of carbonyl (C=O) groups is 3. The van der Waals surface area contributed by atoms with Crippen LogP contribution in [0.4, 0.5) is 5.69 Å². The van der Waals surface area contributed by atoms with E-state index < -0.39 is 17.4 Å². The lowest BCUT2D eigenvalue weighted by molar-refractivity contribution is -0.122. The van der Waals surface area contributed by atoms with Crippen molar-refractivity contribution in [2.24, 2.45) is 11.5 Å². The van der Waals surface area contributed by atoms with Crippen molar-refractivity contribution in [1.82, 2.24) is 5.32 Å². The number of nitrogens with one attached hydrogen (secondary N) is 2. The van der Waals surface area contributed by atoms with Gasteiger partial charge in [-0.05, 0) is 36.3 Å². The van der Waals surface area contributed by atoms with Gasteiger partial charge in [-0.15, -0.1) is 0 Å². The van der Waals surface area contributed by atoms with E-state index in [1.165, 1.54) is 6.08 Å². The molecule has 0 radical (unpaired) electrons. The standard InChI is InChI=1S/C18H20N4O3/c1-9(11-4-3-5-13-12(11)7-15(23)21-13)14-6-10(16(19)24)8-18(2,22-14)17(20)25/h3-6,8-9,22H,7H2,1-2H3,(H2,19,24)(H2,20,25)(H,21,23). The van der Waals surface area contributed by atoms with Crippen molar-refractivity contribution in [3.8, 4) is 0 Å². The molecule has 2 atom stereocenters. The maximum absolute atomic E-state index is 11.9. The fourth-order valence-electron chi connectivity index (χ4n) is 3.25. The number of carbonyl (C=O) groups excluding carboxylic acids is 3. The van der Waals surface area contributed by atoms with E-state index >= 15 is 0 Å². The van der Waals surface area contributed by atoms with Crippen molar-refractivity contribution in [3.05, 3.63) is 52.7 Å². The van der Waals surface area contributed by atoms with E-state index in [0.717, 1.165) is 16.8 Å². The summed E-state index contributed by atoms with van der Waals surface area (Å²) in [5.41, 5.74) is 13.2. The Morgan fingerprint density at radius 3 is 2.64 bits per heavy atom. The second-order valence-electron chi connectivity index (χ2n) is 6.58. The summed E-state index contributed by atoms with van der Waals surface area (Å²) >= 11 is 0. The molecule has 7 heteroatoms. The van der Waals surface area contributed by atoms with Crippen LogP contribution in [-0.4, -0.2) is 23.3 Å². The lowest BCUT2D eigenvalue weighted by Crippen LogP contribution is -2.53. The van der Waals surface area contributed by atoms with Gasteiger partial charge in [-0.3, -0.25) is 14.4 Å². The van der Waals surface area contributed by atoms with E-state index in [1.54, 1.807) is 13.0 Å². The second-order valence-corrected chi connectivity index (χ2v) is 6.58. The zero-order chi connectivity index (χ0) is 18.4. The Morgan fingerprint density at radius 2 is 2.00 bits per heavy atom. The first-order chi connectivity index (χ1) is 11.7. The molecule has 0 saturated heterocycles. The lowest BCUT2D eigenvalue weighted by atomic mass is 9.85. The quantitative estimate of drug-likeness (QED) is 0.633. The molecule has 2 unspecified atom stereocenters. The van der Waals surface area contributed by atoms with Crippen molar-refractivity contribution in [1.29, 1.82) is 0 Å². The zero-order valence-corrected chi connectivity index (χ0v) is 14.1. The van der Waals surface area contributed by atoms with E-state index in [2.05, 4.69) is 10.6 Å². The van der Waals surface area contributed by atoms with E-state index in [9.17, 15) is 14.4 Å². The molecular weight excluding hydrogens is 320 g/mol. The fraction of sp³-hybridized carbons (Fsp3) is 0.278. The predicted molar refractivity (Wildman–Crippen MR) is 93.3 cm³/mol. The Hall–Kier alpha value is -3.09. The van der Waals surface area contributed by atoms with Gasteiger partial charge in [-0.25, -0.2) is 0 Å². The Morgan fingerprint density at radius 1 is 1.28 bits per heavy atom. The van der Waals surface area contributed by atoms with Crippen LogP contribution in [0.25, 0.3) is 0 Å². The van der Waals surface area contributed by atoms with Crippen molar-refractivity contribution in [2.45, 2.75) is 31.7 Å². The third-order valence-electron chi connectivity index (χ3n) is 4.71. The fourth-order valence-corrected chi connectivity index (χ4v) is 3.25. The topological polar surface area (TPSA) is 127 Å². The summed E-state index contributed by atoms with van der Waals surface area (Å²) in [5.74, 6) is -1.49. The van der Waals surface area contributed by atoms with Gasteiger partial charge in [0.15, 0.2) is 0 Å². The van der Waals surface area contributed by atoms with Crippen LogP contribution in [-0.2, 0) is 20.8 Å². The molecule has 0 aliphatic carbocycles. The first kappa shape index (κ1) is 16.8. The molecule has 3 amide bonds. The summed E-state index contributed by atoms with van der Waals surface area (Å²) in [6.07, 6.45) is 3.37. The van der Waals surface area contributed by atoms with Crippen molar-refractivity contribution in [2.75, 3.05) is 5.32 Å². The molecule has 2 heterocycles. The molecule has 130 valence electrons. The van der Waals surface area contributed by atoms with Gasteiger partial charge in [-0.2, -0.15) is 0 Å². The molecule has 3 rings (SSSR count). The molecule has 7 nitrogen and oxygen atoms in total. The largest absolute Gasteiger partial charge is 0.371 e. The molecule has 0 spiro atoms. The average Bonchev–Trinajstić information content (AvgIpc) is 2.93. The Labute approximate surface area is 145 Å². The number of nitrogens with two attached hydrogens (primary N) is 2. The highest BCUT2D eigenvalue weighted by Crippen LogP contribution is 2.35. The molecule has 0 fully saturated rings. The molecule has 0 saturated carbocycles. The molecule has 1 aromatic rings. The Bertz CT molecular complexity index is 856. The van der Waals surface area contributed by atoms with Gasteiger partial charge in [0.25, 0.3) is 0 Å². The van der Waals surface area contributed by atoms with Gasteiger partial charge < -0.3 is 22.1 Å². The summed E-state index contributed by atoms with van der Waals surface area (Å²) in [7, 11) is 0. The normalized spacial score (nSPS) is 22.9. The van der Waals surface area contributed by atoms with Crippen LogP contribution < -0.4 is 22.1 Å². The molecule has 0 aromatic heterocycles. The number of amides is 3. The average molecular weight is 340 g/mol. The number of dihydropyridines is 1. The number of anilines is 1. The zero-order valence-electron chi connectivity index (χ0n) is 14.1. The van der Waals surface area contributed by atoms with Crippen LogP contribution in [0.2, 0.25) is 0 Å². The van der Waals surface area contributed by atoms with Crippen LogP contribution >= 0.6 is 0 Å². The van der Waals surface area contributed by atoms with Crippen LogP contribution in [0.1, 0.15) is 30.9 Å². The summed E-state index contributed by atoms with van der Waals surface area (Å²) in [6.45, 7) is 3.53. The summed E-state index contributed by atoms with van der Waals surface area (Å²) < 4.78 is 0. The van der Waals surface area contributed by atoms with Gasteiger partial charge in [0.1, 0.15) is 5.54 Å². The van der Waals surface area contributed by atoms with Crippen LogP contribution in [0.3, 0.4) is 0 Å². The monoisotopic (exact) mass is 340 g/mol. The predicted octanol–water partition coefficient (Wildman–Crippen LogP) is 0.428. The molecular formula is C18H20N4O3. The number of primary amides is 2.